The summed E-state index contributed by atoms with van der Waals surface area (Å²) in [7, 11) is 0. The van der Waals surface area contributed by atoms with Crippen LogP contribution in [0.3, 0.4) is 0 Å². The molecule has 1 aromatic carbocycles. The molecular formula is C15H22O2. The van der Waals surface area contributed by atoms with E-state index in [1.807, 2.05) is 0 Å². The van der Waals surface area contributed by atoms with E-state index in [-0.39, 0.29) is 5.60 Å². The molecule has 0 aromatic heterocycles. The third kappa shape index (κ3) is 3.08. The van der Waals surface area contributed by atoms with E-state index in [0.29, 0.717) is 6.61 Å². The predicted molar refractivity (Wildman–Crippen MR) is 69.0 cm³/mol. The Balaban J connectivity index is 1.85. The molecule has 1 unspecified atom stereocenters. The van der Waals surface area contributed by atoms with Crippen LogP contribution in [0.15, 0.2) is 24.3 Å². The molecule has 1 aromatic rings. The third-order valence-electron chi connectivity index (χ3n) is 3.71. The van der Waals surface area contributed by atoms with Gasteiger partial charge in [-0.25, -0.2) is 0 Å². The van der Waals surface area contributed by atoms with E-state index in [2.05, 4.69) is 38.1 Å². The molecule has 2 heteroatoms. The summed E-state index contributed by atoms with van der Waals surface area (Å²) in [5.74, 6) is 0. The van der Waals surface area contributed by atoms with Crippen molar-refractivity contribution in [2.75, 3.05) is 13.2 Å². The second-order valence-corrected chi connectivity index (χ2v) is 4.91. The van der Waals surface area contributed by atoms with Gasteiger partial charge in [-0.1, -0.05) is 31.2 Å². The van der Waals surface area contributed by atoms with E-state index in [9.17, 15) is 0 Å². The van der Waals surface area contributed by atoms with Gasteiger partial charge in [-0.3, -0.25) is 0 Å². The monoisotopic (exact) mass is 234 g/mol. The highest BCUT2D eigenvalue weighted by Crippen LogP contribution is 2.29. The maximum Gasteiger partial charge on any atom is 0.0913 e. The lowest BCUT2D eigenvalue weighted by Gasteiger charge is -2.26. The summed E-state index contributed by atoms with van der Waals surface area (Å²) in [6, 6.07) is 8.38. The van der Waals surface area contributed by atoms with Crippen molar-refractivity contribution in [3.05, 3.63) is 35.4 Å². The molecule has 17 heavy (non-hydrogen) atoms. The third-order valence-corrected chi connectivity index (χ3v) is 3.71. The van der Waals surface area contributed by atoms with E-state index in [0.717, 1.165) is 26.1 Å². The van der Waals surface area contributed by atoms with Gasteiger partial charge in [0, 0.05) is 6.61 Å². The van der Waals surface area contributed by atoms with Crippen molar-refractivity contribution in [2.45, 2.75) is 45.3 Å². The number of aryl methyl sites for hydroxylation is 1. The quantitative estimate of drug-likeness (QED) is 0.776. The zero-order valence-electron chi connectivity index (χ0n) is 10.9. The van der Waals surface area contributed by atoms with E-state index >= 15 is 0 Å². The Morgan fingerprint density at radius 3 is 2.82 bits per heavy atom. The minimum atomic E-state index is -0.0112. The number of ether oxygens (including phenoxy) is 2. The molecule has 0 spiro atoms. The van der Waals surface area contributed by atoms with Crippen molar-refractivity contribution in [2.24, 2.45) is 0 Å². The topological polar surface area (TPSA) is 18.5 Å². The molecule has 0 radical (unpaired) electrons. The Bertz CT molecular complexity index is 354. The molecule has 0 saturated carbocycles. The standard InChI is InChI=1S/C15H22O2/c1-3-15(9-6-10-17-15)12-16-11-14-8-5-4-7-13(14)2/h4-5,7-8H,3,6,9-12H2,1-2H3. The molecule has 0 bridgehead atoms. The molecule has 1 saturated heterocycles. The molecule has 1 aliphatic heterocycles. The van der Waals surface area contributed by atoms with Gasteiger partial charge in [0.2, 0.25) is 0 Å². The fraction of sp³-hybridized carbons (Fsp3) is 0.600. The molecule has 1 fully saturated rings. The minimum Gasteiger partial charge on any atom is -0.374 e. The molecule has 0 N–H and O–H groups in total. The van der Waals surface area contributed by atoms with Crippen LogP contribution in [0.4, 0.5) is 0 Å². The summed E-state index contributed by atoms with van der Waals surface area (Å²) in [6.45, 7) is 6.61. The van der Waals surface area contributed by atoms with Gasteiger partial charge < -0.3 is 9.47 Å². The Morgan fingerprint density at radius 2 is 2.18 bits per heavy atom. The number of rotatable bonds is 5. The summed E-state index contributed by atoms with van der Waals surface area (Å²) in [5, 5.41) is 0. The van der Waals surface area contributed by atoms with Crippen molar-refractivity contribution >= 4 is 0 Å². The van der Waals surface area contributed by atoms with Gasteiger partial charge in [0.1, 0.15) is 0 Å². The lowest BCUT2D eigenvalue weighted by Crippen LogP contribution is -2.32. The Kier molecular flexibility index (Phi) is 4.19. The van der Waals surface area contributed by atoms with E-state index in [4.69, 9.17) is 9.47 Å². The van der Waals surface area contributed by atoms with Crippen molar-refractivity contribution in [1.29, 1.82) is 0 Å². The average Bonchev–Trinajstić information content (AvgIpc) is 2.81. The van der Waals surface area contributed by atoms with Crippen LogP contribution in [0.2, 0.25) is 0 Å². The van der Waals surface area contributed by atoms with Crippen LogP contribution in [0, 0.1) is 6.92 Å². The van der Waals surface area contributed by atoms with Crippen LogP contribution in [0.5, 0.6) is 0 Å². The molecule has 0 amide bonds. The molecular weight excluding hydrogens is 212 g/mol. The molecule has 1 atom stereocenters. The largest absolute Gasteiger partial charge is 0.374 e. The molecule has 1 aliphatic rings. The molecule has 2 rings (SSSR count). The second-order valence-electron chi connectivity index (χ2n) is 4.91. The van der Waals surface area contributed by atoms with Gasteiger partial charge in [-0.05, 0) is 37.3 Å². The van der Waals surface area contributed by atoms with Gasteiger partial charge in [0.15, 0.2) is 0 Å². The first-order chi connectivity index (χ1) is 8.26. The first-order valence-electron chi connectivity index (χ1n) is 6.52. The first-order valence-corrected chi connectivity index (χ1v) is 6.52. The average molecular weight is 234 g/mol. The molecule has 2 nitrogen and oxygen atoms in total. The van der Waals surface area contributed by atoms with Crippen molar-refractivity contribution in [3.8, 4) is 0 Å². The van der Waals surface area contributed by atoms with Gasteiger partial charge in [0.05, 0.1) is 18.8 Å². The first kappa shape index (κ1) is 12.6. The Hall–Kier alpha value is -0.860. The van der Waals surface area contributed by atoms with E-state index in [1.54, 1.807) is 0 Å². The van der Waals surface area contributed by atoms with Crippen LogP contribution in [-0.2, 0) is 16.1 Å². The summed E-state index contributed by atoms with van der Waals surface area (Å²) < 4.78 is 11.7. The molecule has 1 heterocycles. The van der Waals surface area contributed by atoms with Crippen LogP contribution in [0.1, 0.15) is 37.3 Å². The highest BCUT2D eigenvalue weighted by Gasteiger charge is 2.33. The predicted octanol–water partition coefficient (Wildman–Crippen LogP) is 3.47. The van der Waals surface area contributed by atoms with E-state index < -0.39 is 0 Å². The maximum absolute atomic E-state index is 5.85. The van der Waals surface area contributed by atoms with Gasteiger partial charge in [-0.15, -0.1) is 0 Å². The van der Waals surface area contributed by atoms with Gasteiger partial charge in [0.25, 0.3) is 0 Å². The summed E-state index contributed by atoms with van der Waals surface area (Å²) in [4.78, 5) is 0. The van der Waals surface area contributed by atoms with Gasteiger partial charge >= 0.3 is 0 Å². The van der Waals surface area contributed by atoms with Crippen LogP contribution < -0.4 is 0 Å². The second kappa shape index (κ2) is 5.65. The Labute approximate surface area is 104 Å². The summed E-state index contributed by atoms with van der Waals surface area (Å²) >= 11 is 0. The van der Waals surface area contributed by atoms with Gasteiger partial charge in [-0.2, -0.15) is 0 Å². The normalized spacial score (nSPS) is 24.1. The van der Waals surface area contributed by atoms with E-state index in [1.165, 1.54) is 17.5 Å². The van der Waals surface area contributed by atoms with Crippen molar-refractivity contribution in [1.82, 2.24) is 0 Å². The highest BCUT2D eigenvalue weighted by atomic mass is 16.5. The van der Waals surface area contributed by atoms with Crippen molar-refractivity contribution < 1.29 is 9.47 Å². The Morgan fingerprint density at radius 1 is 1.35 bits per heavy atom. The van der Waals surface area contributed by atoms with Crippen LogP contribution >= 0.6 is 0 Å². The van der Waals surface area contributed by atoms with Crippen LogP contribution in [0.25, 0.3) is 0 Å². The fourth-order valence-corrected chi connectivity index (χ4v) is 2.37. The minimum absolute atomic E-state index is 0.0112. The number of hydrogen-bond donors (Lipinski definition) is 0. The zero-order valence-corrected chi connectivity index (χ0v) is 10.9. The molecule has 94 valence electrons. The van der Waals surface area contributed by atoms with Crippen molar-refractivity contribution in [3.63, 3.8) is 0 Å². The zero-order chi connectivity index (χ0) is 12.1. The smallest absolute Gasteiger partial charge is 0.0913 e. The maximum atomic E-state index is 5.85. The highest BCUT2D eigenvalue weighted by molar-refractivity contribution is 5.24. The lowest BCUT2D eigenvalue weighted by molar-refractivity contribution is -0.0699. The lowest BCUT2D eigenvalue weighted by atomic mass is 9.98. The SMILES string of the molecule is CCC1(COCc2ccccc2C)CCCO1. The number of hydrogen-bond acceptors (Lipinski definition) is 2. The van der Waals surface area contributed by atoms with Crippen LogP contribution in [-0.4, -0.2) is 18.8 Å². The number of benzene rings is 1. The molecule has 0 aliphatic carbocycles. The summed E-state index contributed by atoms with van der Waals surface area (Å²) in [6.07, 6.45) is 3.35. The fourth-order valence-electron chi connectivity index (χ4n) is 2.37. The summed E-state index contributed by atoms with van der Waals surface area (Å²) in [5.41, 5.74) is 2.56.